The zero-order valence-corrected chi connectivity index (χ0v) is 12.7. The van der Waals surface area contributed by atoms with Crippen molar-refractivity contribution in [2.45, 2.75) is 38.6 Å². The molecule has 21 heavy (non-hydrogen) atoms. The fourth-order valence-corrected chi connectivity index (χ4v) is 3.24. The number of aliphatic imine (C=N–C) groups is 1. The molecule has 1 saturated carbocycles. The van der Waals surface area contributed by atoms with E-state index in [2.05, 4.69) is 67.6 Å². The third-order valence-electron chi connectivity index (χ3n) is 4.42. The molecule has 0 spiro atoms. The Hall–Kier alpha value is -1.89. The van der Waals surface area contributed by atoms with Crippen molar-refractivity contribution in [3.63, 3.8) is 0 Å². The number of nitrogens with zero attached hydrogens (tertiary/aromatic N) is 1. The summed E-state index contributed by atoms with van der Waals surface area (Å²) in [5.41, 5.74) is 4.18. The van der Waals surface area contributed by atoms with E-state index in [9.17, 15) is 0 Å². The Bertz CT molecular complexity index is 586. The van der Waals surface area contributed by atoms with E-state index in [0.29, 0.717) is 5.92 Å². The third-order valence-corrected chi connectivity index (χ3v) is 4.42. The zero-order chi connectivity index (χ0) is 14.5. The van der Waals surface area contributed by atoms with Gasteiger partial charge in [-0.05, 0) is 43.7 Å². The van der Waals surface area contributed by atoms with Gasteiger partial charge in [-0.25, -0.2) is 0 Å². The molecule has 1 heteroatoms. The first-order valence-electron chi connectivity index (χ1n) is 7.98. The van der Waals surface area contributed by atoms with Crippen LogP contribution in [0.2, 0.25) is 0 Å². The summed E-state index contributed by atoms with van der Waals surface area (Å²) in [5.74, 6) is 0.638. The minimum absolute atomic E-state index is 0.276. The summed E-state index contributed by atoms with van der Waals surface area (Å²) in [6.07, 6.45) is 4.89. The van der Waals surface area contributed by atoms with Gasteiger partial charge in [0.15, 0.2) is 0 Å². The number of hydrogen-bond donors (Lipinski definition) is 0. The molecule has 0 heterocycles. The van der Waals surface area contributed by atoms with Crippen molar-refractivity contribution in [3.8, 4) is 0 Å². The molecule has 0 aliphatic heterocycles. The lowest BCUT2D eigenvalue weighted by atomic mass is 9.96. The van der Waals surface area contributed by atoms with Crippen LogP contribution in [0, 0.1) is 5.92 Å². The van der Waals surface area contributed by atoms with E-state index in [1.165, 1.54) is 36.1 Å². The van der Waals surface area contributed by atoms with Crippen molar-refractivity contribution in [1.29, 1.82) is 0 Å². The van der Waals surface area contributed by atoms with Crippen LogP contribution in [0.3, 0.4) is 0 Å². The largest absolute Gasteiger partial charge is 0.286 e. The van der Waals surface area contributed by atoms with Crippen LogP contribution in [0.1, 0.15) is 43.4 Å². The molecule has 2 atom stereocenters. The second-order valence-electron chi connectivity index (χ2n) is 5.99. The Morgan fingerprint density at radius 2 is 1.67 bits per heavy atom. The van der Waals surface area contributed by atoms with Crippen LogP contribution in [0.15, 0.2) is 65.7 Å². The van der Waals surface area contributed by atoms with Gasteiger partial charge in [0.25, 0.3) is 0 Å². The van der Waals surface area contributed by atoms with Gasteiger partial charge >= 0.3 is 0 Å². The number of benzene rings is 2. The highest BCUT2D eigenvalue weighted by Gasteiger charge is 2.23. The molecular weight excluding hydrogens is 254 g/mol. The molecular formula is C20H23N. The van der Waals surface area contributed by atoms with Gasteiger partial charge < -0.3 is 0 Å². The summed E-state index contributed by atoms with van der Waals surface area (Å²) in [6, 6.07) is 21.7. The van der Waals surface area contributed by atoms with Crippen molar-refractivity contribution < 1.29 is 0 Å². The summed E-state index contributed by atoms with van der Waals surface area (Å²) in [4.78, 5) is 5.04. The highest BCUT2D eigenvalue weighted by molar-refractivity contribution is 5.89. The van der Waals surface area contributed by atoms with Crippen LogP contribution in [-0.2, 0) is 6.42 Å². The van der Waals surface area contributed by atoms with Gasteiger partial charge in [0, 0.05) is 11.6 Å². The number of hydrogen-bond acceptors (Lipinski definition) is 1. The van der Waals surface area contributed by atoms with E-state index < -0.39 is 0 Å². The fourth-order valence-electron chi connectivity index (χ4n) is 3.24. The molecule has 108 valence electrons. The quantitative estimate of drug-likeness (QED) is 0.725. The SMILES string of the molecule is C[C@H](N=C1CCCC1Cc1ccccc1)c1ccccc1. The predicted molar refractivity (Wildman–Crippen MR) is 89.8 cm³/mol. The van der Waals surface area contributed by atoms with Gasteiger partial charge in [-0.15, -0.1) is 0 Å². The van der Waals surface area contributed by atoms with Gasteiger partial charge in [-0.3, -0.25) is 4.99 Å². The topological polar surface area (TPSA) is 12.4 Å². The molecule has 1 unspecified atom stereocenters. The van der Waals surface area contributed by atoms with E-state index in [-0.39, 0.29) is 6.04 Å². The molecule has 0 N–H and O–H groups in total. The second kappa shape index (κ2) is 6.71. The molecule has 1 nitrogen and oxygen atoms in total. The molecule has 3 rings (SSSR count). The van der Waals surface area contributed by atoms with E-state index in [1.807, 2.05) is 0 Å². The van der Waals surface area contributed by atoms with Crippen LogP contribution in [0.25, 0.3) is 0 Å². The van der Waals surface area contributed by atoms with E-state index in [1.54, 1.807) is 0 Å². The first-order chi connectivity index (χ1) is 10.3. The van der Waals surface area contributed by atoms with E-state index in [0.717, 1.165) is 6.42 Å². The first kappa shape index (κ1) is 14.1. The van der Waals surface area contributed by atoms with Gasteiger partial charge in [-0.2, -0.15) is 0 Å². The molecule has 0 bridgehead atoms. The van der Waals surface area contributed by atoms with Crippen LogP contribution in [0.5, 0.6) is 0 Å². The van der Waals surface area contributed by atoms with Crippen molar-refractivity contribution in [2.75, 3.05) is 0 Å². The van der Waals surface area contributed by atoms with Gasteiger partial charge in [0.05, 0.1) is 6.04 Å². The summed E-state index contributed by atoms with van der Waals surface area (Å²) >= 11 is 0. The van der Waals surface area contributed by atoms with Crippen molar-refractivity contribution >= 4 is 5.71 Å². The Morgan fingerprint density at radius 1 is 1.00 bits per heavy atom. The highest BCUT2D eigenvalue weighted by Crippen LogP contribution is 2.29. The lowest BCUT2D eigenvalue weighted by Gasteiger charge is -2.14. The van der Waals surface area contributed by atoms with Gasteiger partial charge in [0.2, 0.25) is 0 Å². The maximum Gasteiger partial charge on any atom is 0.0720 e. The maximum atomic E-state index is 5.04. The van der Waals surface area contributed by atoms with Crippen molar-refractivity contribution in [2.24, 2.45) is 10.9 Å². The molecule has 1 aliphatic rings. The Kier molecular flexibility index (Phi) is 4.49. The average Bonchev–Trinajstić information content (AvgIpc) is 2.96. The van der Waals surface area contributed by atoms with Gasteiger partial charge in [0.1, 0.15) is 0 Å². The Balaban J connectivity index is 1.73. The Labute approximate surface area is 127 Å². The minimum Gasteiger partial charge on any atom is -0.286 e. The summed E-state index contributed by atoms with van der Waals surface area (Å²) in [6.45, 7) is 2.21. The monoisotopic (exact) mass is 277 g/mol. The van der Waals surface area contributed by atoms with Crippen LogP contribution in [-0.4, -0.2) is 5.71 Å². The smallest absolute Gasteiger partial charge is 0.0720 e. The summed E-state index contributed by atoms with van der Waals surface area (Å²) < 4.78 is 0. The molecule has 1 fully saturated rings. The lowest BCUT2D eigenvalue weighted by molar-refractivity contribution is 0.656. The van der Waals surface area contributed by atoms with Crippen molar-refractivity contribution in [3.05, 3.63) is 71.8 Å². The first-order valence-corrected chi connectivity index (χ1v) is 7.98. The van der Waals surface area contributed by atoms with Gasteiger partial charge in [-0.1, -0.05) is 60.7 Å². The average molecular weight is 277 g/mol. The Morgan fingerprint density at radius 3 is 2.38 bits per heavy atom. The fraction of sp³-hybridized carbons (Fsp3) is 0.350. The molecule has 0 saturated heterocycles. The minimum atomic E-state index is 0.276. The lowest BCUT2D eigenvalue weighted by Crippen LogP contribution is -2.11. The predicted octanol–water partition coefficient (Wildman–Crippen LogP) is 5.23. The second-order valence-corrected chi connectivity index (χ2v) is 5.99. The van der Waals surface area contributed by atoms with Crippen LogP contribution in [0.4, 0.5) is 0 Å². The van der Waals surface area contributed by atoms with Crippen molar-refractivity contribution in [1.82, 2.24) is 0 Å². The van der Waals surface area contributed by atoms with Crippen LogP contribution < -0.4 is 0 Å². The maximum absolute atomic E-state index is 5.04. The number of rotatable bonds is 4. The summed E-state index contributed by atoms with van der Waals surface area (Å²) in [5, 5.41) is 0. The molecule has 0 amide bonds. The standard InChI is InChI=1S/C20H23N/c1-16(18-11-6-3-7-12-18)21-20-14-8-13-19(20)15-17-9-4-2-5-10-17/h2-7,9-12,16,19H,8,13-15H2,1H3/t16-,19?/m0/s1. The van der Waals surface area contributed by atoms with Crippen LogP contribution >= 0.6 is 0 Å². The van der Waals surface area contributed by atoms with E-state index >= 15 is 0 Å². The molecule has 0 aromatic heterocycles. The zero-order valence-electron chi connectivity index (χ0n) is 12.7. The highest BCUT2D eigenvalue weighted by atomic mass is 14.8. The normalized spacial score (nSPS) is 21.6. The third kappa shape index (κ3) is 3.60. The van der Waals surface area contributed by atoms with E-state index in [4.69, 9.17) is 4.99 Å². The molecule has 0 radical (unpaired) electrons. The molecule has 2 aromatic carbocycles. The summed E-state index contributed by atoms with van der Waals surface area (Å²) in [7, 11) is 0. The molecule has 1 aliphatic carbocycles. The molecule has 2 aromatic rings.